The Bertz CT molecular complexity index is 1440. The Balaban J connectivity index is 1.18. The van der Waals surface area contributed by atoms with Crippen LogP contribution in [0.5, 0.6) is 0 Å². The first kappa shape index (κ1) is 43.7. The number of unbranched alkanes of at least 4 members (excludes halogenated alkanes) is 4. The van der Waals surface area contributed by atoms with Gasteiger partial charge in [0.1, 0.15) is 12.1 Å². The number of allylic oxidation sites excluding steroid dienone is 1. The van der Waals surface area contributed by atoms with Gasteiger partial charge >= 0.3 is 11.9 Å². The van der Waals surface area contributed by atoms with Gasteiger partial charge in [0, 0.05) is 25.3 Å². The topological polar surface area (TPSA) is 111 Å². The number of rotatable bonds is 15. The molecule has 8 heteroatoms. The first-order valence-corrected chi connectivity index (χ1v) is 22.3. The Hall–Kier alpha value is -2.38. The average molecular weight is 767 g/mol. The number of fused-ring (bicyclic) bond motifs is 7. The fourth-order valence-corrected chi connectivity index (χ4v) is 14.3. The Kier molecular flexibility index (Phi) is 13.4. The van der Waals surface area contributed by atoms with Gasteiger partial charge in [0.2, 0.25) is 11.8 Å². The molecular formula is C47H78N2O6. The fourth-order valence-electron chi connectivity index (χ4n) is 14.3. The van der Waals surface area contributed by atoms with Gasteiger partial charge in [-0.05, 0) is 142 Å². The minimum absolute atomic E-state index is 0.00989. The number of methoxy groups -OCH3 is 1. The van der Waals surface area contributed by atoms with Gasteiger partial charge in [-0.1, -0.05) is 79.9 Å². The van der Waals surface area contributed by atoms with Gasteiger partial charge in [0.15, 0.2) is 0 Å². The van der Waals surface area contributed by atoms with Crippen molar-refractivity contribution in [3.05, 3.63) is 12.2 Å². The lowest BCUT2D eigenvalue weighted by molar-refractivity contribution is -0.248. The minimum Gasteiger partial charge on any atom is -0.467 e. The summed E-state index contributed by atoms with van der Waals surface area (Å²) in [6, 6.07) is -0.584. The molecular weight excluding hydrogens is 689 g/mol. The van der Waals surface area contributed by atoms with Crippen molar-refractivity contribution in [1.29, 1.82) is 0 Å². The summed E-state index contributed by atoms with van der Waals surface area (Å²) in [5, 5.41) is 6.33. The van der Waals surface area contributed by atoms with Gasteiger partial charge in [-0.25, -0.2) is 4.79 Å². The van der Waals surface area contributed by atoms with Crippen LogP contribution in [0, 0.1) is 62.6 Å². The van der Waals surface area contributed by atoms with E-state index >= 15 is 0 Å². The zero-order chi connectivity index (χ0) is 40.6. The van der Waals surface area contributed by atoms with E-state index in [1.165, 1.54) is 38.4 Å². The number of nitrogens with one attached hydrogen (secondary N) is 2. The van der Waals surface area contributed by atoms with Crippen LogP contribution in [0.2, 0.25) is 0 Å². The maximum Gasteiger partial charge on any atom is 0.328 e. The number of amides is 2. The third-order valence-electron chi connectivity index (χ3n) is 17.2. The Morgan fingerprint density at radius 1 is 0.782 bits per heavy atom. The molecule has 0 aromatic carbocycles. The van der Waals surface area contributed by atoms with E-state index in [-0.39, 0.29) is 62.8 Å². The van der Waals surface area contributed by atoms with Crippen LogP contribution in [0.1, 0.15) is 171 Å². The minimum atomic E-state index is -0.584. The second kappa shape index (κ2) is 16.8. The van der Waals surface area contributed by atoms with Crippen molar-refractivity contribution in [1.82, 2.24) is 10.6 Å². The predicted molar refractivity (Wildman–Crippen MR) is 219 cm³/mol. The van der Waals surface area contributed by atoms with Crippen LogP contribution in [0.15, 0.2) is 12.2 Å². The molecule has 2 unspecified atom stereocenters. The second-order valence-electron chi connectivity index (χ2n) is 20.8. The van der Waals surface area contributed by atoms with Crippen LogP contribution >= 0.6 is 0 Å². The van der Waals surface area contributed by atoms with Gasteiger partial charge in [-0.3, -0.25) is 14.4 Å². The normalized spacial score (nSPS) is 38.0. The maximum atomic E-state index is 14.5. The molecule has 5 aliphatic carbocycles. The quantitative estimate of drug-likeness (QED) is 0.0976. The lowest BCUT2D eigenvalue weighted by Crippen LogP contribution is -2.67. The Morgan fingerprint density at radius 2 is 1.47 bits per heavy atom. The van der Waals surface area contributed by atoms with Crippen LogP contribution < -0.4 is 10.6 Å². The van der Waals surface area contributed by atoms with Crippen LogP contribution in [0.25, 0.3) is 0 Å². The summed E-state index contributed by atoms with van der Waals surface area (Å²) in [5.41, 5.74) is 1.48. The van der Waals surface area contributed by atoms with Gasteiger partial charge < -0.3 is 20.1 Å². The first-order chi connectivity index (χ1) is 25.8. The molecule has 2 N–H and O–H groups in total. The van der Waals surface area contributed by atoms with Crippen molar-refractivity contribution >= 4 is 23.8 Å². The van der Waals surface area contributed by atoms with Gasteiger partial charge in [-0.2, -0.15) is 0 Å². The highest BCUT2D eigenvalue weighted by Gasteiger charge is 2.72. The lowest BCUT2D eigenvalue weighted by Gasteiger charge is -2.72. The monoisotopic (exact) mass is 767 g/mol. The predicted octanol–water partition coefficient (Wildman–Crippen LogP) is 9.74. The van der Waals surface area contributed by atoms with E-state index in [2.05, 4.69) is 58.8 Å². The van der Waals surface area contributed by atoms with Crippen LogP contribution in [0.4, 0.5) is 0 Å². The van der Waals surface area contributed by atoms with E-state index in [1.54, 1.807) is 6.92 Å². The summed E-state index contributed by atoms with van der Waals surface area (Å²) in [4.78, 5) is 51.2. The number of carbonyl (C=O) groups excluding carboxylic acids is 4. The largest absolute Gasteiger partial charge is 0.467 e. The SMILES string of the molecule is C=C(C)[C@@H]1CC[C@]2(C(=O)NCCCCCCCC(=O)NC(CC(C)C)C(=O)OC)CC[C@]3(C)[C@H](CCC4[C@@]5(C)CC[C@H](OC(C)=O)C(C)(C)[C@@H]5CC[C@]43C)[C@@H]12. The molecule has 5 rings (SSSR count). The highest BCUT2D eigenvalue weighted by Crippen LogP contribution is 2.77. The second-order valence-corrected chi connectivity index (χ2v) is 20.8. The molecule has 0 aromatic rings. The molecule has 0 radical (unpaired) electrons. The highest BCUT2D eigenvalue weighted by molar-refractivity contribution is 5.84. The van der Waals surface area contributed by atoms with Crippen molar-refractivity contribution in [2.45, 2.75) is 184 Å². The van der Waals surface area contributed by atoms with E-state index in [0.717, 1.165) is 70.6 Å². The third-order valence-corrected chi connectivity index (χ3v) is 17.2. The fraction of sp³-hybridized carbons (Fsp3) is 0.872. The van der Waals surface area contributed by atoms with Crippen molar-refractivity contribution in [3.63, 3.8) is 0 Å². The summed E-state index contributed by atoms with van der Waals surface area (Å²) in [6.45, 7) is 25.6. The molecule has 5 saturated carbocycles. The summed E-state index contributed by atoms with van der Waals surface area (Å²) >= 11 is 0. The summed E-state index contributed by atoms with van der Waals surface area (Å²) in [7, 11) is 1.36. The van der Waals surface area contributed by atoms with Crippen LogP contribution in [-0.2, 0) is 28.7 Å². The number of hydrogen-bond acceptors (Lipinski definition) is 6. The summed E-state index contributed by atoms with van der Waals surface area (Å²) in [6.07, 6.45) is 16.7. The summed E-state index contributed by atoms with van der Waals surface area (Å²) in [5.74, 6) is 2.33. The maximum absolute atomic E-state index is 14.5. The molecule has 0 bridgehead atoms. The molecule has 0 spiro atoms. The van der Waals surface area contributed by atoms with Crippen molar-refractivity contribution in [3.8, 4) is 0 Å². The zero-order valence-electron chi connectivity index (χ0n) is 36.5. The van der Waals surface area contributed by atoms with Crippen LogP contribution in [-0.4, -0.2) is 49.6 Å². The lowest BCUT2D eigenvalue weighted by atomic mass is 9.32. The number of carbonyl (C=O) groups is 4. The summed E-state index contributed by atoms with van der Waals surface area (Å²) < 4.78 is 10.8. The molecule has 2 amide bonds. The first-order valence-electron chi connectivity index (χ1n) is 22.3. The van der Waals surface area contributed by atoms with Crippen molar-refractivity contribution in [2.24, 2.45) is 62.6 Å². The molecule has 55 heavy (non-hydrogen) atoms. The Morgan fingerprint density at radius 3 is 2.13 bits per heavy atom. The van der Waals surface area contributed by atoms with Gasteiger partial charge in [0.25, 0.3) is 0 Å². The van der Waals surface area contributed by atoms with E-state index in [1.807, 2.05) is 13.8 Å². The molecule has 11 atom stereocenters. The molecule has 0 heterocycles. The number of ether oxygens (including phenoxy) is 2. The van der Waals surface area contributed by atoms with Crippen molar-refractivity contribution in [2.75, 3.05) is 13.7 Å². The molecule has 0 saturated heterocycles. The van der Waals surface area contributed by atoms with E-state index in [4.69, 9.17) is 9.47 Å². The van der Waals surface area contributed by atoms with E-state index < -0.39 is 6.04 Å². The molecule has 312 valence electrons. The van der Waals surface area contributed by atoms with E-state index in [0.29, 0.717) is 49.0 Å². The molecule has 0 aromatic heterocycles. The smallest absolute Gasteiger partial charge is 0.328 e. The number of esters is 2. The molecule has 0 aliphatic heterocycles. The Labute approximate surface area is 334 Å². The van der Waals surface area contributed by atoms with Gasteiger partial charge in [0.05, 0.1) is 12.5 Å². The zero-order valence-corrected chi connectivity index (χ0v) is 36.5. The van der Waals surface area contributed by atoms with E-state index in [9.17, 15) is 19.2 Å². The molecule has 8 nitrogen and oxygen atoms in total. The molecule has 5 fully saturated rings. The molecule has 5 aliphatic rings. The van der Waals surface area contributed by atoms with Crippen LogP contribution in [0.3, 0.4) is 0 Å². The van der Waals surface area contributed by atoms with Crippen molar-refractivity contribution < 1.29 is 28.7 Å². The van der Waals surface area contributed by atoms with Gasteiger partial charge in [-0.15, -0.1) is 0 Å². The highest BCUT2D eigenvalue weighted by atomic mass is 16.5. The standard InChI is InChI=1S/C47H78N2O6/c1-30(2)29-35(41(52)54-11)49-39(51)17-15-13-12-14-16-28-48-42(53)47-25-20-33(31(3)4)40(47)34-18-19-37-44(8)23-22-38(55-32(5)50)43(6,7)36(44)21-24-46(37,10)45(34,9)26-27-47/h30,33-38,40H,3,12-29H2,1-2,4-11H3,(H,48,53)(H,49,51)/t33-,34+,35?,36-,37?,38-,40+,44-,45+,46+,47-/m0/s1. The number of hydrogen-bond donors (Lipinski definition) is 2. The third kappa shape index (κ3) is 8.05. The average Bonchev–Trinajstić information content (AvgIpc) is 3.51.